The zero-order valence-electron chi connectivity index (χ0n) is 18.8. The van der Waals surface area contributed by atoms with Crippen LogP contribution in [0.5, 0.6) is 5.75 Å². The minimum Gasteiger partial charge on any atom is -0.494 e. The molecule has 0 bridgehead atoms. The van der Waals surface area contributed by atoms with E-state index in [4.69, 9.17) is 4.74 Å². The average molecular weight is 421 g/mol. The van der Waals surface area contributed by atoms with Crippen LogP contribution in [0.2, 0.25) is 0 Å². The topological polar surface area (TPSA) is 32.8 Å². The molecule has 0 spiro atoms. The van der Waals surface area contributed by atoms with Crippen LogP contribution >= 0.6 is 0 Å². The molecule has 166 valence electrons. The van der Waals surface area contributed by atoms with E-state index in [0.717, 1.165) is 70.6 Å². The number of rotatable bonds is 7. The van der Waals surface area contributed by atoms with Crippen molar-refractivity contribution in [2.24, 2.45) is 11.8 Å². The van der Waals surface area contributed by atoms with Crippen molar-refractivity contribution in [3.63, 3.8) is 0 Å². The Labute approximate surface area is 187 Å². The number of carbonyl (C=O) groups is 1. The van der Waals surface area contributed by atoms with Crippen molar-refractivity contribution in [2.45, 2.75) is 45.6 Å². The molecule has 2 fully saturated rings. The standard InChI is InChI=1S/C27H36N2O2/c1-2-31-26-12-10-24(11-13-26)20-28-16-6-9-25(21-28)27(30)29-17-14-23(15-18-29)19-22-7-4-3-5-8-22/h3-5,7-8,10-13,23,25H,2,6,9,14-21H2,1H3/t25-/m1/s1. The van der Waals surface area contributed by atoms with Gasteiger partial charge in [0.1, 0.15) is 5.75 Å². The smallest absolute Gasteiger partial charge is 0.226 e. The molecule has 1 amide bonds. The highest BCUT2D eigenvalue weighted by Gasteiger charge is 2.31. The average Bonchev–Trinajstić information content (AvgIpc) is 2.81. The highest BCUT2D eigenvalue weighted by Crippen LogP contribution is 2.26. The lowest BCUT2D eigenvalue weighted by Gasteiger charge is -2.38. The molecule has 2 aliphatic rings. The maximum Gasteiger partial charge on any atom is 0.226 e. The Bertz CT molecular complexity index is 813. The van der Waals surface area contributed by atoms with Gasteiger partial charge in [0.2, 0.25) is 5.91 Å². The molecule has 2 heterocycles. The largest absolute Gasteiger partial charge is 0.494 e. The van der Waals surface area contributed by atoms with Crippen molar-refractivity contribution in [3.05, 3.63) is 65.7 Å². The number of amides is 1. The molecule has 4 rings (SSSR count). The highest BCUT2D eigenvalue weighted by molar-refractivity contribution is 5.79. The summed E-state index contributed by atoms with van der Waals surface area (Å²) in [5.41, 5.74) is 2.71. The Morgan fingerprint density at radius 1 is 0.935 bits per heavy atom. The normalized spacial score (nSPS) is 20.5. The fraction of sp³-hybridized carbons (Fsp3) is 0.519. The second-order valence-electron chi connectivity index (χ2n) is 9.11. The fourth-order valence-corrected chi connectivity index (χ4v) is 5.08. The maximum atomic E-state index is 13.2. The van der Waals surface area contributed by atoms with E-state index in [1.165, 1.54) is 11.1 Å². The van der Waals surface area contributed by atoms with E-state index in [-0.39, 0.29) is 5.92 Å². The Morgan fingerprint density at radius 3 is 2.39 bits per heavy atom. The van der Waals surface area contributed by atoms with Gasteiger partial charge in [0.15, 0.2) is 0 Å². The SMILES string of the molecule is CCOc1ccc(CN2CCC[C@@H](C(=O)N3CCC(Cc4ccccc4)CC3)C2)cc1. The molecule has 2 aliphatic heterocycles. The Kier molecular flexibility index (Phi) is 7.63. The zero-order chi connectivity index (χ0) is 21.5. The molecular weight excluding hydrogens is 384 g/mol. The lowest BCUT2D eigenvalue weighted by atomic mass is 9.89. The van der Waals surface area contributed by atoms with E-state index < -0.39 is 0 Å². The molecular formula is C27H36N2O2. The van der Waals surface area contributed by atoms with Gasteiger partial charge in [-0.25, -0.2) is 0 Å². The molecule has 0 aliphatic carbocycles. The number of nitrogens with zero attached hydrogens (tertiary/aromatic N) is 2. The van der Waals surface area contributed by atoms with Crippen LogP contribution in [0.4, 0.5) is 0 Å². The van der Waals surface area contributed by atoms with E-state index in [9.17, 15) is 4.79 Å². The number of benzene rings is 2. The van der Waals surface area contributed by atoms with Gasteiger partial charge >= 0.3 is 0 Å². The van der Waals surface area contributed by atoms with Crippen molar-refractivity contribution in [1.82, 2.24) is 9.80 Å². The summed E-state index contributed by atoms with van der Waals surface area (Å²) in [6.07, 6.45) is 5.54. The first-order valence-electron chi connectivity index (χ1n) is 12.0. The van der Waals surface area contributed by atoms with Gasteiger partial charge in [-0.05, 0) is 74.8 Å². The highest BCUT2D eigenvalue weighted by atomic mass is 16.5. The van der Waals surface area contributed by atoms with Crippen molar-refractivity contribution in [1.29, 1.82) is 0 Å². The van der Waals surface area contributed by atoms with Crippen LogP contribution in [0.25, 0.3) is 0 Å². The summed E-state index contributed by atoms with van der Waals surface area (Å²) in [5, 5.41) is 0. The van der Waals surface area contributed by atoms with Gasteiger partial charge < -0.3 is 9.64 Å². The van der Waals surface area contributed by atoms with Crippen LogP contribution in [0, 0.1) is 11.8 Å². The summed E-state index contributed by atoms with van der Waals surface area (Å²) in [5.74, 6) is 2.17. The van der Waals surface area contributed by atoms with Crippen molar-refractivity contribution >= 4 is 5.91 Å². The third-order valence-corrected chi connectivity index (χ3v) is 6.79. The van der Waals surface area contributed by atoms with Crippen LogP contribution in [0.3, 0.4) is 0 Å². The molecule has 0 unspecified atom stereocenters. The van der Waals surface area contributed by atoms with E-state index >= 15 is 0 Å². The molecule has 4 heteroatoms. The third kappa shape index (κ3) is 6.10. The summed E-state index contributed by atoms with van der Waals surface area (Å²) in [6, 6.07) is 19.1. The lowest BCUT2D eigenvalue weighted by molar-refractivity contribution is -0.138. The first-order chi connectivity index (χ1) is 15.2. The van der Waals surface area contributed by atoms with Gasteiger partial charge in [0, 0.05) is 26.2 Å². The van der Waals surface area contributed by atoms with Crippen LogP contribution in [0.1, 0.15) is 43.7 Å². The molecule has 1 atom stereocenters. The quantitative estimate of drug-likeness (QED) is 0.646. The predicted molar refractivity (Wildman–Crippen MR) is 125 cm³/mol. The van der Waals surface area contributed by atoms with Gasteiger partial charge in [0.05, 0.1) is 12.5 Å². The van der Waals surface area contributed by atoms with E-state index in [1.807, 2.05) is 19.1 Å². The molecule has 0 radical (unpaired) electrons. The minimum atomic E-state index is 0.155. The number of hydrogen-bond donors (Lipinski definition) is 0. The van der Waals surface area contributed by atoms with E-state index in [1.54, 1.807) is 0 Å². The van der Waals surface area contributed by atoms with Gasteiger partial charge in [-0.3, -0.25) is 9.69 Å². The monoisotopic (exact) mass is 420 g/mol. The molecule has 4 nitrogen and oxygen atoms in total. The Hall–Kier alpha value is -2.33. The Morgan fingerprint density at radius 2 is 1.68 bits per heavy atom. The number of piperidine rings is 2. The second-order valence-corrected chi connectivity index (χ2v) is 9.11. The summed E-state index contributed by atoms with van der Waals surface area (Å²) in [7, 11) is 0. The number of carbonyl (C=O) groups excluding carboxylic acids is 1. The predicted octanol–water partition coefficient (Wildman–Crippen LogP) is 4.78. The van der Waals surface area contributed by atoms with Gasteiger partial charge in [-0.1, -0.05) is 42.5 Å². The fourth-order valence-electron chi connectivity index (χ4n) is 5.08. The summed E-state index contributed by atoms with van der Waals surface area (Å²) in [4.78, 5) is 17.8. The van der Waals surface area contributed by atoms with Gasteiger partial charge in [0.25, 0.3) is 0 Å². The van der Waals surface area contributed by atoms with Crippen molar-refractivity contribution < 1.29 is 9.53 Å². The molecule has 0 N–H and O–H groups in total. The molecule has 2 aromatic carbocycles. The summed E-state index contributed by atoms with van der Waals surface area (Å²) >= 11 is 0. The summed E-state index contributed by atoms with van der Waals surface area (Å²) in [6.45, 7) is 7.42. The lowest BCUT2D eigenvalue weighted by Crippen LogP contribution is -2.47. The first-order valence-corrected chi connectivity index (χ1v) is 12.0. The number of ether oxygens (including phenoxy) is 1. The van der Waals surface area contributed by atoms with Gasteiger partial charge in [-0.2, -0.15) is 0 Å². The molecule has 0 aromatic heterocycles. The number of hydrogen-bond acceptors (Lipinski definition) is 3. The van der Waals surface area contributed by atoms with Crippen LogP contribution < -0.4 is 4.74 Å². The molecule has 31 heavy (non-hydrogen) atoms. The third-order valence-electron chi connectivity index (χ3n) is 6.79. The first kappa shape index (κ1) is 21.9. The van der Waals surface area contributed by atoms with Crippen molar-refractivity contribution in [2.75, 3.05) is 32.8 Å². The van der Waals surface area contributed by atoms with Crippen LogP contribution in [-0.4, -0.2) is 48.5 Å². The van der Waals surface area contributed by atoms with Crippen LogP contribution in [-0.2, 0) is 17.8 Å². The summed E-state index contributed by atoms with van der Waals surface area (Å²) < 4.78 is 5.54. The van der Waals surface area contributed by atoms with Crippen LogP contribution in [0.15, 0.2) is 54.6 Å². The second kappa shape index (κ2) is 10.8. The Balaban J connectivity index is 1.25. The minimum absolute atomic E-state index is 0.155. The molecule has 0 saturated carbocycles. The van der Waals surface area contributed by atoms with Crippen molar-refractivity contribution in [3.8, 4) is 5.75 Å². The van der Waals surface area contributed by atoms with Gasteiger partial charge in [-0.15, -0.1) is 0 Å². The zero-order valence-corrected chi connectivity index (χ0v) is 18.8. The maximum absolute atomic E-state index is 13.2. The van der Waals surface area contributed by atoms with E-state index in [0.29, 0.717) is 18.4 Å². The number of likely N-dealkylation sites (tertiary alicyclic amines) is 2. The molecule has 2 saturated heterocycles. The molecule has 2 aromatic rings. The van der Waals surface area contributed by atoms with E-state index in [2.05, 4.69) is 52.3 Å².